The molecule has 33 heavy (non-hydrogen) atoms. The number of benzene rings is 1. The average Bonchev–Trinajstić information content (AvgIpc) is 2.72. The fourth-order valence-electron chi connectivity index (χ4n) is 3.25. The summed E-state index contributed by atoms with van der Waals surface area (Å²) in [6.07, 6.45) is -7.02. The molecule has 1 amide bonds. The van der Waals surface area contributed by atoms with Crippen molar-refractivity contribution in [2.24, 2.45) is 0 Å². The number of rotatable bonds is 4. The number of aryl methyl sites for hydroxylation is 1. The number of pyridine rings is 2. The number of nitrogens with zero attached hydrogens (tertiary/aromatic N) is 3. The molecule has 0 saturated carbocycles. The quantitative estimate of drug-likeness (QED) is 0.205. The minimum Gasteiger partial charge on any atom is -0.337 e. The van der Waals surface area contributed by atoms with Crippen molar-refractivity contribution in [1.82, 2.24) is 14.9 Å². The van der Waals surface area contributed by atoms with Gasteiger partial charge < -0.3 is 4.90 Å². The highest BCUT2D eigenvalue weighted by atomic mass is 127. The summed E-state index contributed by atoms with van der Waals surface area (Å²) in [5.41, 5.74) is -1.21. The number of hydrogen-bond donors (Lipinski definition) is 0. The van der Waals surface area contributed by atoms with E-state index in [1.54, 1.807) is 31.3 Å². The van der Waals surface area contributed by atoms with E-state index in [4.69, 9.17) is 0 Å². The smallest absolute Gasteiger partial charge is 0.337 e. The lowest BCUT2D eigenvalue weighted by Crippen LogP contribution is -2.27. The number of aromatic nitrogens is 2. The van der Waals surface area contributed by atoms with Crippen molar-refractivity contribution in [3.8, 4) is 11.1 Å². The van der Waals surface area contributed by atoms with Gasteiger partial charge in [-0.25, -0.2) is 4.98 Å². The first-order valence-electron chi connectivity index (χ1n) is 9.38. The summed E-state index contributed by atoms with van der Waals surface area (Å²) in [7, 11) is 1.30. The zero-order valence-electron chi connectivity index (χ0n) is 17.2. The Morgan fingerprint density at radius 2 is 1.58 bits per heavy atom. The second-order valence-corrected chi connectivity index (χ2v) is 8.37. The van der Waals surface area contributed by atoms with Gasteiger partial charge in [-0.3, -0.25) is 9.78 Å². The third-order valence-electron chi connectivity index (χ3n) is 4.81. The van der Waals surface area contributed by atoms with E-state index in [0.29, 0.717) is 32.7 Å². The molecule has 0 N–H and O–H groups in total. The van der Waals surface area contributed by atoms with Gasteiger partial charge in [-0.2, -0.15) is 26.3 Å². The van der Waals surface area contributed by atoms with E-state index in [9.17, 15) is 31.1 Å². The van der Waals surface area contributed by atoms with Crippen LogP contribution in [0.5, 0.6) is 0 Å². The Bertz CT molecular complexity index is 1160. The third kappa shape index (κ3) is 5.81. The monoisotopic (exact) mass is 579 g/mol. The fourth-order valence-corrected chi connectivity index (χ4v) is 3.70. The summed E-state index contributed by atoms with van der Waals surface area (Å²) in [5, 5.41) is 0. The molecule has 4 nitrogen and oxygen atoms in total. The molecule has 0 aliphatic carbocycles. The molecular weight excluding hydrogens is 563 g/mol. The number of carbonyl (C=O) groups excluding carboxylic acids is 1. The zero-order valence-corrected chi connectivity index (χ0v) is 19.4. The van der Waals surface area contributed by atoms with Gasteiger partial charge in [0.2, 0.25) is 0 Å². The van der Waals surface area contributed by atoms with Crippen molar-refractivity contribution < 1.29 is 31.1 Å². The average molecular weight is 579 g/mol. The van der Waals surface area contributed by atoms with E-state index in [2.05, 4.69) is 9.97 Å². The molecule has 0 bridgehead atoms. The number of carbonyl (C=O) groups is 1. The molecule has 0 saturated heterocycles. The van der Waals surface area contributed by atoms with Gasteiger partial charge in [0.1, 0.15) is 3.70 Å². The third-order valence-corrected chi connectivity index (χ3v) is 5.40. The summed E-state index contributed by atoms with van der Waals surface area (Å²) >= 11 is 1.97. The predicted octanol–water partition coefficient (Wildman–Crippen LogP) is 6.37. The highest BCUT2D eigenvalue weighted by molar-refractivity contribution is 14.1. The summed E-state index contributed by atoms with van der Waals surface area (Å²) in [5.74, 6) is -0.608. The molecule has 11 heteroatoms. The molecule has 3 aromatic rings. The van der Waals surface area contributed by atoms with Crippen LogP contribution in [0.3, 0.4) is 0 Å². The molecule has 0 radical (unpaired) electrons. The number of halogens is 7. The summed E-state index contributed by atoms with van der Waals surface area (Å²) in [4.78, 5) is 22.5. The first kappa shape index (κ1) is 24.9. The van der Waals surface area contributed by atoms with Crippen molar-refractivity contribution in [2.75, 3.05) is 7.05 Å². The second-order valence-electron chi connectivity index (χ2n) is 7.26. The largest absolute Gasteiger partial charge is 0.416 e. The first-order valence-corrected chi connectivity index (χ1v) is 10.5. The molecular formula is C22H16F6IN3O. The summed E-state index contributed by atoms with van der Waals surface area (Å²) < 4.78 is 79.5. The van der Waals surface area contributed by atoms with Crippen molar-refractivity contribution in [2.45, 2.75) is 25.8 Å². The number of alkyl halides is 6. The Morgan fingerprint density at radius 1 is 0.970 bits per heavy atom. The Balaban J connectivity index is 1.99. The van der Waals surface area contributed by atoms with E-state index in [1.165, 1.54) is 13.2 Å². The topological polar surface area (TPSA) is 46.1 Å². The Labute approximate surface area is 198 Å². The first-order chi connectivity index (χ1) is 15.3. The molecule has 0 atom stereocenters. The highest BCUT2D eigenvalue weighted by Crippen LogP contribution is 2.36. The molecule has 2 aromatic heterocycles. The molecule has 174 valence electrons. The molecule has 0 aliphatic heterocycles. The minimum atomic E-state index is -4.97. The van der Waals surface area contributed by atoms with E-state index in [-0.39, 0.29) is 17.2 Å². The maximum atomic E-state index is 13.2. The van der Waals surface area contributed by atoms with Crippen LogP contribution in [-0.4, -0.2) is 27.8 Å². The van der Waals surface area contributed by atoms with Crippen molar-refractivity contribution in [3.05, 3.63) is 80.4 Å². The zero-order chi connectivity index (χ0) is 24.6. The van der Waals surface area contributed by atoms with E-state index in [1.807, 2.05) is 22.6 Å². The standard InChI is InChI=1S/C22H16F6IN3O/c1-12-16(4-3-5-30-12)17-9-19(29)31-10-18(17)20(33)32(2)11-13-6-14(21(23,24)25)8-15(7-13)22(26,27)28/h3-10H,11H2,1-2H3. The van der Waals surface area contributed by atoms with Gasteiger partial charge in [0.25, 0.3) is 5.91 Å². The van der Waals surface area contributed by atoms with Gasteiger partial charge in [-0.15, -0.1) is 0 Å². The lowest BCUT2D eigenvalue weighted by molar-refractivity contribution is -0.143. The van der Waals surface area contributed by atoms with Crippen molar-refractivity contribution in [1.29, 1.82) is 0 Å². The Hall–Kier alpha value is -2.70. The van der Waals surface area contributed by atoms with Crippen LogP contribution >= 0.6 is 22.6 Å². The van der Waals surface area contributed by atoms with Crippen LogP contribution in [0.2, 0.25) is 0 Å². The van der Waals surface area contributed by atoms with Crippen molar-refractivity contribution >= 4 is 28.5 Å². The van der Waals surface area contributed by atoms with Gasteiger partial charge >= 0.3 is 12.4 Å². The number of hydrogen-bond acceptors (Lipinski definition) is 3. The van der Waals surface area contributed by atoms with Gasteiger partial charge in [0, 0.05) is 42.8 Å². The second kappa shape index (κ2) is 9.27. The maximum absolute atomic E-state index is 13.2. The molecule has 1 aromatic carbocycles. The van der Waals surface area contributed by atoms with Gasteiger partial charge in [-0.05, 0) is 65.4 Å². The van der Waals surface area contributed by atoms with E-state index in [0.717, 1.165) is 4.90 Å². The van der Waals surface area contributed by atoms with Crippen LogP contribution in [0.4, 0.5) is 26.3 Å². The minimum absolute atomic E-state index is 0.0532. The SMILES string of the molecule is Cc1ncccc1-c1cc(I)ncc1C(=O)N(C)Cc1cc(C(F)(F)F)cc(C(F)(F)F)c1. The van der Waals surface area contributed by atoms with E-state index >= 15 is 0 Å². The summed E-state index contributed by atoms with van der Waals surface area (Å²) in [6, 6.07) is 6.38. The maximum Gasteiger partial charge on any atom is 0.416 e. The van der Waals surface area contributed by atoms with Crippen LogP contribution in [0, 0.1) is 10.6 Å². The lowest BCUT2D eigenvalue weighted by atomic mass is 9.99. The molecule has 0 fully saturated rings. The van der Waals surface area contributed by atoms with E-state index < -0.39 is 35.9 Å². The van der Waals surface area contributed by atoms with Crippen LogP contribution in [0.25, 0.3) is 11.1 Å². The van der Waals surface area contributed by atoms with Crippen LogP contribution < -0.4 is 0 Å². The Kier molecular flexibility index (Phi) is 7.01. The summed E-state index contributed by atoms with van der Waals surface area (Å²) in [6.45, 7) is 1.28. The molecule has 0 aliphatic rings. The molecule has 2 heterocycles. The van der Waals surface area contributed by atoms with Gasteiger partial charge in [0.05, 0.1) is 16.7 Å². The lowest BCUT2D eigenvalue weighted by Gasteiger charge is -2.21. The predicted molar refractivity (Wildman–Crippen MR) is 117 cm³/mol. The molecule has 3 rings (SSSR count). The van der Waals surface area contributed by atoms with Crippen molar-refractivity contribution in [3.63, 3.8) is 0 Å². The van der Waals surface area contributed by atoms with Crippen LogP contribution in [0.15, 0.2) is 48.8 Å². The Morgan fingerprint density at radius 3 is 2.12 bits per heavy atom. The van der Waals surface area contributed by atoms with Gasteiger partial charge in [-0.1, -0.05) is 6.07 Å². The van der Waals surface area contributed by atoms with Gasteiger partial charge in [0.15, 0.2) is 0 Å². The normalized spacial score (nSPS) is 12.0. The fraction of sp³-hybridized carbons (Fsp3) is 0.227. The highest BCUT2D eigenvalue weighted by Gasteiger charge is 2.37. The molecule has 0 unspecified atom stereocenters. The molecule has 0 spiro atoms. The number of amides is 1. The van der Waals surface area contributed by atoms with Crippen LogP contribution in [-0.2, 0) is 18.9 Å². The van der Waals surface area contributed by atoms with Crippen LogP contribution in [0.1, 0.15) is 32.7 Å².